The Morgan fingerprint density at radius 2 is 1.84 bits per heavy atom. The molecule has 228 valence electrons. The average Bonchev–Trinajstić information content (AvgIpc) is 3.00. The van der Waals surface area contributed by atoms with E-state index in [-0.39, 0.29) is 37.6 Å². The number of aromatic nitrogens is 4. The van der Waals surface area contributed by atoms with Gasteiger partial charge in [0.05, 0.1) is 29.5 Å². The van der Waals surface area contributed by atoms with Crippen molar-refractivity contribution < 1.29 is 18.0 Å². The number of hydrogen-bond donors (Lipinski definition) is 3. The molecular weight excluding hydrogens is 577 g/mol. The van der Waals surface area contributed by atoms with Gasteiger partial charge in [0.1, 0.15) is 18.0 Å². The summed E-state index contributed by atoms with van der Waals surface area (Å²) in [7, 11) is 1.47. The van der Waals surface area contributed by atoms with E-state index in [1.807, 2.05) is 31.2 Å². The van der Waals surface area contributed by atoms with Gasteiger partial charge in [0.25, 0.3) is 12.3 Å². The number of anilines is 2. The maximum atomic E-state index is 14.4. The molecule has 1 aromatic carbocycles. The molecule has 1 aliphatic rings. The van der Waals surface area contributed by atoms with Crippen LogP contribution in [0.1, 0.15) is 41.6 Å². The Kier molecular flexibility index (Phi) is 10.8. The van der Waals surface area contributed by atoms with Crippen LogP contribution in [-0.4, -0.2) is 76.4 Å². The van der Waals surface area contributed by atoms with Gasteiger partial charge in [-0.3, -0.25) is 14.7 Å². The van der Waals surface area contributed by atoms with E-state index in [4.69, 9.17) is 0 Å². The molecule has 3 N–H and O–H groups in total. The van der Waals surface area contributed by atoms with Crippen molar-refractivity contribution in [3.63, 3.8) is 0 Å². The van der Waals surface area contributed by atoms with E-state index in [2.05, 4.69) is 35.9 Å². The predicted molar refractivity (Wildman–Crippen MR) is 167 cm³/mol. The minimum atomic E-state index is -2.30. The summed E-state index contributed by atoms with van der Waals surface area (Å²) in [4.78, 5) is 31.7. The lowest BCUT2D eigenvalue weighted by Gasteiger charge is -2.32. The van der Waals surface area contributed by atoms with E-state index >= 15 is 0 Å². The number of carbonyl (C=O) groups excluding carboxylic acids is 1. The molecule has 5 rings (SSSR count). The highest BCUT2D eigenvalue weighted by atomic mass is 32.1. The van der Waals surface area contributed by atoms with Crippen LogP contribution in [0.5, 0.6) is 0 Å². The van der Waals surface area contributed by atoms with Gasteiger partial charge in [0.2, 0.25) is 0 Å². The monoisotopic (exact) mass is 612 g/mol. The molecule has 1 fully saturated rings. The fourth-order valence-corrected chi connectivity index (χ4v) is 5.25. The van der Waals surface area contributed by atoms with Gasteiger partial charge in [0, 0.05) is 61.9 Å². The van der Waals surface area contributed by atoms with E-state index in [1.54, 1.807) is 23.2 Å². The van der Waals surface area contributed by atoms with Gasteiger partial charge >= 0.3 is 0 Å². The highest BCUT2D eigenvalue weighted by Gasteiger charge is 2.22. The number of alkyl halides is 2. The number of rotatable bonds is 10. The number of piperidine rings is 1. The summed E-state index contributed by atoms with van der Waals surface area (Å²) >= 11 is 0. The number of nitrogens with one attached hydrogen (secondary N) is 3. The maximum absolute atomic E-state index is 14.4. The summed E-state index contributed by atoms with van der Waals surface area (Å²) in [5, 5.41) is 9.70. The molecule has 43 heavy (non-hydrogen) atoms. The van der Waals surface area contributed by atoms with E-state index in [0.29, 0.717) is 42.0 Å². The Labute approximate surface area is 255 Å². The molecule has 3 aromatic heterocycles. The first-order valence-electron chi connectivity index (χ1n) is 13.9. The lowest BCUT2D eigenvalue weighted by atomic mass is 9.96. The first-order valence-corrected chi connectivity index (χ1v) is 13.9. The molecule has 1 amide bonds. The van der Waals surface area contributed by atoms with Gasteiger partial charge in [-0.1, -0.05) is 25.1 Å². The molecule has 1 atom stereocenters. The number of likely N-dealkylation sites (tertiary alicyclic amines) is 1. The average molecular weight is 613 g/mol. The molecule has 0 bridgehead atoms. The second-order valence-corrected chi connectivity index (χ2v) is 10.4. The van der Waals surface area contributed by atoms with Crippen LogP contribution < -0.4 is 16.0 Å². The van der Waals surface area contributed by atoms with Crippen LogP contribution >= 0.6 is 13.5 Å². The number of para-hydroxylation sites is 1. The van der Waals surface area contributed by atoms with Crippen LogP contribution in [-0.2, 0) is 0 Å². The molecule has 0 saturated carbocycles. The summed E-state index contributed by atoms with van der Waals surface area (Å²) in [5.74, 6) is 0.175. The maximum Gasteiger partial charge on any atom is 0.254 e. The summed E-state index contributed by atoms with van der Waals surface area (Å²) < 4.78 is 39.7. The number of carbonyl (C=O) groups is 1. The molecule has 1 saturated heterocycles. The third-order valence-corrected chi connectivity index (χ3v) is 7.52. The summed E-state index contributed by atoms with van der Waals surface area (Å²) in [6.07, 6.45) is 3.59. The predicted octanol–water partition coefficient (Wildman–Crippen LogP) is 5.06. The van der Waals surface area contributed by atoms with Crippen LogP contribution in [0.2, 0.25) is 0 Å². The number of benzene rings is 1. The summed E-state index contributed by atoms with van der Waals surface area (Å²) in [5.41, 5.74) is 2.97. The van der Waals surface area contributed by atoms with Crippen LogP contribution in [0.15, 0.2) is 55.1 Å². The number of pyridine rings is 2. The molecule has 0 aliphatic carbocycles. The second-order valence-electron chi connectivity index (χ2n) is 10.4. The topological polar surface area (TPSA) is 108 Å². The normalized spacial score (nSPS) is 14.7. The molecule has 4 aromatic rings. The van der Waals surface area contributed by atoms with Crippen molar-refractivity contribution in [3.8, 4) is 11.3 Å². The quantitative estimate of drug-likeness (QED) is 0.228. The van der Waals surface area contributed by atoms with Gasteiger partial charge < -0.3 is 16.0 Å². The van der Waals surface area contributed by atoms with Crippen molar-refractivity contribution in [1.29, 1.82) is 0 Å². The number of halogens is 3. The van der Waals surface area contributed by atoms with E-state index in [1.165, 1.54) is 13.4 Å². The zero-order valence-electron chi connectivity index (χ0n) is 23.9. The zero-order chi connectivity index (χ0) is 29.6. The molecule has 0 unspecified atom stereocenters. The van der Waals surface area contributed by atoms with E-state index in [0.717, 1.165) is 36.0 Å². The molecular formula is C30H35F3N8OS. The Balaban J connectivity index is 0.00000423. The van der Waals surface area contributed by atoms with E-state index in [9.17, 15) is 18.0 Å². The fourth-order valence-electron chi connectivity index (χ4n) is 5.25. The molecule has 1 aliphatic heterocycles. The summed E-state index contributed by atoms with van der Waals surface area (Å²) in [6.45, 7) is 3.65. The Morgan fingerprint density at radius 3 is 2.53 bits per heavy atom. The third kappa shape index (κ3) is 7.71. The van der Waals surface area contributed by atoms with Crippen LogP contribution in [0, 0.1) is 5.82 Å². The highest BCUT2D eigenvalue weighted by molar-refractivity contribution is 7.59. The van der Waals surface area contributed by atoms with Crippen molar-refractivity contribution in [3.05, 3.63) is 72.1 Å². The Bertz CT molecular complexity index is 1530. The first kappa shape index (κ1) is 32.0. The lowest BCUT2D eigenvalue weighted by molar-refractivity contribution is 0.0769. The van der Waals surface area contributed by atoms with Gasteiger partial charge in [-0.25, -0.2) is 28.1 Å². The van der Waals surface area contributed by atoms with Crippen molar-refractivity contribution in [1.82, 2.24) is 30.2 Å². The fraction of sp³-hybridized carbons (Fsp3) is 0.367. The van der Waals surface area contributed by atoms with Gasteiger partial charge in [-0.15, -0.1) is 0 Å². The van der Waals surface area contributed by atoms with Crippen molar-refractivity contribution >= 4 is 41.9 Å². The van der Waals surface area contributed by atoms with Crippen LogP contribution in [0.4, 0.5) is 24.8 Å². The molecule has 0 spiro atoms. The lowest BCUT2D eigenvalue weighted by Crippen LogP contribution is -2.41. The van der Waals surface area contributed by atoms with Crippen LogP contribution in [0.3, 0.4) is 0 Å². The molecule has 0 radical (unpaired) electrons. The van der Waals surface area contributed by atoms with E-state index < -0.39 is 18.1 Å². The highest BCUT2D eigenvalue weighted by Crippen LogP contribution is 2.28. The first-order chi connectivity index (χ1) is 20.3. The third-order valence-electron chi connectivity index (χ3n) is 7.52. The Morgan fingerprint density at radius 1 is 1.05 bits per heavy atom. The van der Waals surface area contributed by atoms with Crippen molar-refractivity contribution in [2.75, 3.05) is 43.9 Å². The Hall–Kier alpha value is -3.97. The number of amides is 1. The van der Waals surface area contributed by atoms with Crippen LogP contribution in [0.25, 0.3) is 22.2 Å². The number of hydrogen-bond acceptors (Lipinski definition) is 8. The second kappa shape index (κ2) is 14.5. The van der Waals surface area contributed by atoms with Crippen molar-refractivity contribution in [2.24, 2.45) is 0 Å². The van der Waals surface area contributed by atoms with Crippen molar-refractivity contribution in [2.45, 2.75) is 38.2 Å². The summed E-state index contributed by atoms with van der Waals surface area (Å²) in [6, 6.07) is 11.3. The SMILES string of the molecule is CNC(=O)c1c(F)cnc2c([C@H](C)CNc3cc(-c4ccc(NC5CCN(CC(F)F)CC5)nc4)ncn3)cccc12.S. The smallest absolute Gasteiger partial charge is 0.254 e. The largest absolute Gasteiger partial charge is 0.369 e. The number of fused-ring (bicyclic) bond motifs is 1. The van der Waals surface area contributed by atoms with Gasteiger partial charge in [-0.05, 0) is 30.5 Å². The minimum Gasteiger partial charge on any atom is -0.369 e. The van der Waals surface area contributed by atoms with Gasteiger partial charge in [0.15, 0.2) is 5.82 Å². The zero-order valence-corrected chi connectivity index (χ0v) is 24.9. The molecule has 4 heterocycles. The molecule has 13 heteroatoms. The molecule has 9 nitrogen and oxygen atoms in total. The van der Waals surface area contributed by atoms with Gasteiger partial charge in [-0.2, -0.15) is 13.5 Å². The number of nitrogens with zero attached hydrogens (tertiary/aromatic N) is 5. The minimum absolute atomic E-state index is 0. The standard InChI is InChI=1S/C30H33F3N8O.H2S/c1-18(21-4-3-5-22-28(30(42)34-2)23(31)15-37-29(21)22)13-35-27-12-24(38-17-39-27)19-6-7-26(36-14-19)40-20-8-10-41(11-9-20)16-25(32)33;/h3-7,12,14-15,17-18,20,25H,8-11,13,16H2,1-2H3,(H,34,42)(H,36,40)(H,35,38,39);1H2/t18-;/m1./s1.